The van der Waals surface area contributed by atoms with Crippen LogP contribution >= 0.6 is 0 Å². The van der Waals surface area contributed by atoms with E-state index in [1.54, 1.807) is 6.92 Å². The Balaban J connectivity index is 1.96. The predicted octanol–water partition coefficient (Wildman–Crippen LogP) is 5.03. The highest BCUT2D eigenvalue weighted by Gasteiger charge is 2.73. The Morgan fingerprint density at radius 3 is 1.71 bits per heavy atom. The van der Waals surface area contributed by atoms with Gasteiger partial charge in [-0.25, -0.2) is 0 Å². The molecule has 0 aromatic carbocycles. The molecular formula is C31H56O10. The average Bonchev–Trinajstić information content (AvgIpc) is 2.91. The molecule has 10 nitrogen and oxygen atoms in total. The van der Waals surface area contributed by atoms with Gasteiger partial charge in [0.15, 0.2) is 0 Å². The summed E-state index contributed by atoms with van der Waals surface area (Å²) < 4.78 is 52.8. The Hall–Kier alpha value is -0.690. The molecular weight excluding hydrogens is 532 g/mol. The van der Waals surface area contributed by atoms with Gasteiger partial charge in [-0.15, -0.1) is 0 Å². The Kier molecular flexibility index (Phi) is 16.6. The van der Waals surface area contributed by atoms with Crippen molar-refractivity contribution in [2.75, 3.05) is 66.1 Å². The predicted molar refractivity (Wildman–Crippen MR) is 152 cm³/mol. The van der Waals surface area contributed by atoms with Crippen LogP contribution in [-0.2, 0) is 42.7 Å². The Bertz CT molecular complexity index is 678. The van der Waals surface area contributed by atoms with Gasteiger partial charge in [0.25, 0.3) is 5.79 Å². The summed E-state index contributed by atoms with van der Waals surface area (Å²) in [5.41, 5.74) is 0. The van der Waals surface area contributed by atoms with E-state index in [2.05, 4.69) is 0 Å². The number of rotatable bonds is 16. The van der Waals surface area contributed by atoms with Crippen molar-refractivity contribution < 1.29 is 47.8 Å². The van der Waals surface area contributed by atoms with E-state index < -0.39 is 17.5 Å². The van der Waals surface area contributed by atoms with Crippen LogP contribution in [0.3, 0.4) is 0 Å². The maximum absolute atomic E-state index is 11.4. The summed E-state index contributed by atoms with van der Waals surface area (Å²) in [6.45, 7) is 5.20. The normalized spacial score (nSPS) is 23.8. The Morgan fingerprint density at radius 2 is 1.15 bits per heavy atom. The SMILES string of the molecule is CC(=O)CCCCCOC1(C2(C3(COCCCCCO)OCCCCCO3)OCCCCCO2)OCCCCCO1. The van der Waals surface area contributed by atoms with Crippen LogP contribution < -0.4 is 0 Å². The van der Waals surface area contributed by atoms with Crippen molar-refractivity contribution in [2.24, 2.45) is 0 Å². The van der Waals surface area contributed by atoms with Gasteiger partial charge in [0.1, 0.15) is 12.4 Å². The van der Waals surface area contributed by atoms with Gasteiger partial charge in [0, 0.05) is 19.6 Å². The molecule has 0 amide bonds. The zero-order valence-corrected chi connectivity index (χ0v) is 25.5. The molecule has 3 aliphatic rings. The summed E-state index contributed by atoms with van der Waals surface area (Å²) in [4.78, 5) is 11.4. The lowest BCUT2D eigenvalue weighted by molar-refractivity contribution is -0.558. The lowest BCUT2D eigenvalue weighted by atomic mass is 9.99. The summed E-state index contributed by atoms with van der Waals surface area (Å²) in [6, 6.07) is 0. The van der Waals surface area contributed by atoms with Crippen molar-refractivity contribution in [1.29, 1.82) is 0 Å². The Labute approximate surface area is 247 Å². The number of aliphatic hydroxyl groups is 1. The van der Waals surface area contributed by atoms with E-state index in [1.807, 2.05) is 0 Å². The van der Waals surface area contributed by atoms with Crippen LogP contribution in [0.15, 0.2) is 0 Å². The summed E-state index contributed by atoms with van der Waals surface area (Å²) in [5, 5.41) is 9.17. The first-order valence-electron chi connectivity index (χ1n) is 16.3. The average molecular weight is 589 g/mol. The molecule has 0 radical (unpaired) electrons. The van der Waals surface area contributed by atoms with Gasteiger partial charge < -0.3 is 47.8 Å². The first-order chi connectivity index (χ1) is 20.1. The number of ether oxygens (including phenoxy) is 8. The molecule has 0 bridgehead atoms. The van der Waals surface area contributed by atoms with Gasteiger partial charge in [-0.1, -0.05) is 6.42 Å². The molecule has 3 saturated heterocycles. The second-order valence-electron chi connectivity index (χ2n) is 11.4. The third kappa shape index (κ3) is 10.5. The van der Waals surface area contributed by atoms with Crippen molar-refractivity contribution in [3.05, 3.63) is 0 Å². The van der Waals surface area contributed by atoms with E-state index in [0.717, 1.165) is 96.3 Å². The number of aliphatic hydroxyl groups excluding tert-OH is 1. The van der Waals surface area contributed by atoms with Crippen LogP contribution in [0.2, 0.25) is 0 Å². The van der Waals surface area contributed by atoms with Gasteiger partial charge in [-0.2, -0.15) is 0 Å². The Morgan fingerprint density at radius 1 is 0.634 bits per heavy atom. The molecule has 3 heterocycles. The molecule has 0 aromatic heterocycles. The summed E-state index contributed by atoms with van der Waals surface area (Å²) in [7, 11) is 0. The smallest absolute Gasteiger partial charge is 0.346 e. The van der Waals surface area contributed by atoms with E-state index in [0.29, 0.717) is 59.3 Å². The second kappa shape index (κ2) is 19.6. The fraction of sp³-hybridized carbons (Fsp3) is 0.968. The summed E-state index contributed by atoms with van der Waals surface area (Å²) >= 11 is 0. The fourth-order valence-electron chi connectivity index (χ4n) is 5.51. The zero-order valence-electron chi connectivity index (χ0n) is 25.5. The van der Waals surface area contributed by atoms with Gasteiger partial charge in [0.05, 0.1) is 46.2 Å². The number of Topliss-reactive ketones (excluding diaryl/α,β-unsaturated/α-hetero) is 1. The van der Waals surface area contributed by atoms with Crippen LogP contribution in [0.5, 0.6) is 0 Å². The molecule has 0 unspecified atom stereocenters. The van der Waals surface area contributed by atoms with Crippen molar-refractivity contribution in [3.8, 4) is 0 Å². The van der Waals surface area contributed by atoms with Crippen LogP contribution in [-0.4, -0.2) is 94.5 Å². The largest absolute Gasteiger partial charge is 0.396 e. The third-order valence-electron chi connectivity index (χ3n) is 7.84. The highest BCUT2D eigenvalue weighted by atomic mass is 16.9. The van der Waals surface area contributed by atoms with Crippen molar-refractivity contribution in [1.82, 2.24) is 0 Å². The third-order valence-corrected chi connectivity index (χ3v) is 7.84. The molecule has 0 atom stereocenters. The lowest BCUT2D eigenvalue weighted by Gasteiger charge is -2.55. The van der Waals surface area contributed by atoms with Crippen LogP contribution in [0.1, 0.15) is 110 Å². The molecule has 0 spiro atoms. The maximum Gasteiger partial charge on any atom is 0.346 e. The number of unbranched alkanes of at least 4 members (excludes halogenated alkanes) is 4. The topological polar surface area (TPSA) is 111 Å². The van der Waals surface area contributed by atoms with Crippen LogP contribution in [0.4, 0.5) is 0 Å². The number of ketones is 1. The summed E-state index contributed by atoms with van der Waals surface area (Å²) in [6.07, 6.45) is 13.5. The first-order valence-corrected chi connectivity index (χ1v) is 16.3. The molecule has 1 N–H and O–H groups in total. The number of hydrogen-bond acceptors (Lipinski definition) is 10. The van der Waals surface area contributed by atoms with E-state index in [9.17, 15) is 4.79 Å². The van der Waals surface area contributed by atoms with E-state index in [1.165, 1.54) is 0 Å². The minimum absolute atomic E-state index is 0.0581. The minimum atomic E-state index is -1.73. The molecule has 3 fully saturated rings. The van der Waals surface area contributed by atoms with E-state index >= 15 is 0 Å². The van der Waals surface area contributed by atoms with Gasteiger partial charge >= 0.3 is 11.8 Å². The van der Waals surface area contributed by atoms with Gasteiger partial charge in [-0.05, 0) is 96.8 Å². The zero-order chi connectivity index (χ0) is 29.1. The number of hydrogen-bond donors (Lipinski definition) is 1. The van der Waals surface area contributed by atoms with Crippen molar-refractivity contribution in [3.63, 3.8) is 0 Å². The van der Waals surface area contributed by atoms with E-state index in [-0.39, 0.29) is 19.0 Å². The highest BCUT2D eigenvalue weighted by Crippen LogP contribution is 2.47. The molecule has 0 saturated carbocycles. The number of carbonyl (C=O) groups excluding carboxylic acids is 1. The minimum Gasteiger partial charge on any atom is -0.396 e. The van der Waals surface area contributed by atoms with Gasteiger partial charge in [0.2, 0.25) is 0 Å². The molecule has 0 aliphatic carbocycles. The fourth-order valence-corrected chi connectivity index (χ4v) is 5.51. The van der Waals surface area contributed by atoms with Gasteiger partial charge in [-0.3, -0.25) is 0 Å². The second-order valence-corrected chi connectivity index (χ2v) is 11.4. The maximum atomic E-state index is 11.4. The first kappa shape index (κ1) is 34.8. The standard InChI is InChI=1S/C31H56O10/c1-28(33)17-7-2-10-24-39-31(40-25-15-6-16-26-41-31)30(37-22-13-5-14-23-38-30)29(27-34-19-9-3-8-18-32)35-20-11-4-12-21-36-29/h32H,2-27H2,1H3. The molecule has 240 valence electrons. The van der Waals surface area contributed by atoms with Crippen molar-refractivity contribution in [2.45, 2.75) is 127 Å². The lowest BCUT2D eigenvalue weighted by Crippen LogP contribution is -2.77. The molecule has 41 heavy (non-hydrogen) atoms. The number of carbonyl (C=O) groups is 1. The van der Waals surface area contributed by atoms with Crippen LogP contribution in [0, 0.1) is 0 Å². The molecule has 0 aromatic rings. The highest BCUT2D eigenvalue weighted by molar-refractivity contribution is 5.75. The summed E-state index contributed by atoms with van der Waals surface area (Å²) in [5.74, 6) is -4.72. The van der Waals surface area contributed by atoms with E-state index in [4.69, 9.17) is 43.0 Å². The molecule has 10 heteroatoms. The molecule has 3 rings (SSSR count). The van der Waals surface area contributed by atoms with Crippen molar-refractivity contribution >= 4 is 5.78 Å². The van der Waals surface area contributed by atoms with Crippen LogP contribution in [0.25, 0.3) is 0 Å². The monoisotopic (exact) mass is 588 g/mol. The quantitative estimate of drug-likeness (QED) is 0.247. The molecule has 3 aliphatic heterocycles.